The third-order valence-electron chi connectivity index (χ3n) is 8.36. The molecule has 3 rings (SSSR count). The molecule has 146 valence electrons. The minimum atomic E-state index is -1.68. The van der Waals surface area contributed by atoms with Crippen molar-refractivity contribution in [2.45, 2.75) is 121 Å². The highest BCUT2D eigenvalue weighted by Crippen LogP contribution is 2.58. The van der Waals surface area contributed by atoms with E-state index in [1.165, 1.54) is 77.0 Å². The van der Waals surface area contributed by atoms with Gasteiger partial charge in [0.2, 0.25) is 8.32 Å². The SMILES string of the molecule is CCO[Si](C1CCC(C)CC1)(C1CCC(C)CC1)C1CCC(C)CC1. The normalized spacial score (nSPS) is 42.7. The van der Waals surface area contributed by atoms with Crippen LogP contribution in [0.1, 0.15) is 105 Å². The van der Waals surface area contributed by atoms with Gasteiger partial charge in [0.15, 0.2) is 0 Å². The highest BCUT2D eigenvalue weighted by atomic mass is 28.4. The highest BCUT2D eigenvalue weighted by molar-refractivity contribution is 6.78. The van der Waals surface area contributed by atoms with Crippen LogP contribution in [0.3, 0.4) is 0 Å². The van der Waals surface area contributed by atoms with Crippen LogP contribution in [0.15, 0.2) is 0 Å². The Bertz CT molecular complexity index is 330. The minimum Gasteiger partial charge on any atom is -0.416 e. The predicted octanol–water partition coefficient (Wildman–Crippen LogP) is 7.71. The fourth-order valence-corrected chi connectivity index (χ4v) is 13.7. The zero-order valence-corrected chi connectivity index (χ0v) is 18.6. The molecule has 3 fully saturated rings. The topological polar surface area (TPSA) is 9.23 Å². The Morgan fingerprint density at radius 1 is 0.560 bits per heavy atom. The van der Waals surface area contributed by atoms with Crippen LogP contribution < -0.4 is 0 Å². The standard InChI is InChI=1S/C23H44OSi/c1-5-24-25(21-12-6-18(2)7-13-21,22-14-8-19(3)9-15-22)23-16-10-20(4)11-17-23/h18-23H,5-17H2,1-4H3. The molecule has 3 aliphatic rings. The van der Waals surface area contributed by atoms with Crippen LogP contribution in [-0.2, 0) is 4.43 Å². The van der Waals surface area contributed by atoms with E-state index in [2.05, 4.69) is 27.7 Å². The molecule has 0 aromatic carbocycles. The fraction of sp³-hybridized carbons (Fsp3) is 1.00. The molecule has 25 heavy (non-hydrogen) atoms. The van der Waals surface area contributed by atoms with Gasteiger partial charge in [-0.2, -0.15) is 0 Å². The molecule has 0 bridgehead atoms. The maximum Gasteiger partial charge on any atom is 0.201 e. The lowest BCUT2D eigenvalue weighted by molar-refractivity contribution is 0.228. The van der Waals surface area contributed by atoms with Gasteiger partial charge in [0.1, 0.15) is 0 Å². The number of rotatable bonds is 5. The maximum atomic E-state index is 7.09. The summed E-state index contributed by atoms with van der Waals surface area (Å²) in [4.78, 5) is 0. The van der Waals surface area contributed by atoms with Crippen LogP contribution in [0, 0.1) is 17.8 Å². The van der Waals surface area contributed by atoms with Crippen molar-refractivity contribution in [3.63, 3.8) is 0 Å². The first-order chi connectivity index (χ1) is 12.1. The molecular weight excluding hydrogens is 320 g/mol. The highest BCUT2D eigenvalue weighted by Gasteiger charge is 2.55. The Morgan fingerprint density at radius 2 is 0.840 bits per heavy atom. The molecule has 0 heterocycles. The van der Waals surface area contributed by atoms with Crippen molar-refractivity contribution >= 4 is 8.32 Å². The van der Waals surface area contributed by atoms with Crippen LogP contribution in [0.2, 0.25) is 16.6 Å². The smallest absolute Gasteiger partial charge is 0.201 e. The van der Waals surface area contributed by atoms with Crippen molar-refractivity contribution in [1.29, 1.82) is 0 Å². The van der Waals surface area contributed by atoms with E-state index in [1.54, 1.807) is 0 Å². The lowest BCUT2D eigenvalue weighted by Gasteiger charge is -2.53. The first-order valence-corrected chi connectivity index (χ1v) is 13.8. The molecule has 0 unspecified atom stereocenters. The van der Waals surface area contributed by atoms with E-state index in [0.717, 1.165) is 41.0 Å². The number of hydrogen-bond acceptors (Lipinski definition) is 1. The first-order valence-electron chi connectivity index (χ1n) is 11.7. The van der Waals surface area contributed by atoms with Crippen LogP contribution in [0.5, 0.6) is 0 Å². The largest absolute Gasteiger partial charge is 0.416 e. The van der Waals surface area contributed by atoms with Crippen molar-refractivity contribution < 1.29 is 4.43 Å². The average molecular weight is 365 g/mol. The molecule has 0 amide bonds. The summed E-state index contributed by atoms with van der Waals surface area (Å²) in [5.41, 5.74) is 2.92. The molecular formula is C23H44OSi. The lowest BCUT2D eigenvalue weighted by Crippen LogP contribution is -2.54. The summed E-state index contributed by atoms with van der Waals surface area (Å²) in [5.74, 6) is 2.88. The van der Waals surface area contributed by atoms with Gasteiger partial charge in [-0.1, -0.05) is 97.8 Å². The van der Waals surface area contributed by atoms with Gasteiger partial charge in [0, 0.05) is 6.61 Å². The summed E-state index contributed by atoms with van der Waals surface area (Å²) in [5, 5.41) is 0. The van der Waals surface area contributed by atoms with Crippen molar-refractivity contribution in [2.24, 2.45) is 17.8 Å². The Hall–Kier alpha value is 0.177. The second kappa shape index (κ2) is 8.91. The molecule has 0 spiro atoms. The summed E-state index contributed by atoms with van der Waals surface area (Å²) >= 11 is 0. The minimum absolute atomic E-state index is 0.960. The van der Waals surface area contributed by atoms with Crippen molar-refractivity contribution in [3.8, 4) is 0 Å². The molecule has 3 aliphatic carbocycles. The third-order valence-corrected chi connectivity index (χ3v) is 14.7. The van der Waals surface area contributed by atoms with Gasteiger partial charge in [-0.25, -0.2) is 0 Å². The monoisotopic (exact) mass is 364 g/mol. The molecule has 0 aromatic rings. The van der Waals surface area contributed by atoms with Gasteiger partial charge >= 0.3 is 0 Å². The van der Waals surface area contributed by atoms with Crippen LogP contribution in [0.4, 0.5) is 0 Å². The third kappa shape index (κ3) is 4.37. The summed E-state index contributed by atoms with van der Waals surface area (Å²) in [6, 6.07) is 0. The summed E-state index contributed by atoms with van der Waals surface area (Å²) in [7, 11) is -1.68. The van der Waals surface area contributed by atoms with E-state index in [0.29, 0.717) is 0 Å². The van der Waals surface area contributed by atoms with Gasteiger partial charge in [0.25, 0.3) is 0 Å². The molecule has 0 atom stereocenters. The molecule has 1 nitrogen and oxygen atoms in total. The second-order valence-corrected chi connectivity index (χ2v) is 14.6. The maximum absolute atomic E-state index is 7.09. The molecule has 0 aliphatic heterocycles. The molecule has 0 radical (unpaired) electrons. The van der Waals surface area contributed by atoms with Crippen LogP contribution in [0.25, 0.3) is 0 Å². The van der Waals surface area contributed by atoms with Gasteiger partial charge in [-0.15, -0.1) is 0 Å². The van der Waals surface area contributed by atoms with Crippen molar-refractivity contribution in [3.05, 3.63) is 0 Å². The van der Waals surface area contributed by atoms with E-state index in [4.69, 9.17) is 4.43 Å². The van der Waals surface area contributed by atoms with Crippen molar-refractivity contribution in [1.82, 2.24) is 0 Å². The summed E-state index contributed by atoms with van der Waals surface area (Å²) in [6.07, 6.45) is 17.8. The Labute approximate surface area is 158 Å². The Balaban J connectivity index is 1.86. The van der Waals surface area contributed by atoms with E-state index < -0.39 is 8.32 Å². The van der Waals surface area contributed by atoms with Crippen LogP contribution >= 0.6 is 0 Å². The Morgan fingerprint density at radius 3 is 1.08 bits per heavy atom. The van der Waals surface area contributed by atoms with E-state index in [9.17, 15) is 0 Å². The second-order valence-electron chi connectivity index (χ2n) is 10.2. The quantitative estimate of drug-likeness (QED) is 0.454. The predicted molar refractivity (Wildman–Crippen MR) is 112 cm³/mol. The van der Waals surface area contributed by atoms with Gasteiger partial charge in [-0.3, -0.25) is 0 Å². The van der Waals surface area contributed by atoms with Gasteiger partial charge in [-0.05, 0) is 41.3 Å². The average Bonchev–Trinajstić information content (AvgIpc) is 2.62. The molecule has 0 N–H and O–H groups in total. The number of hydrogen-bond donors (Lipinski definition) is 0. The first kappa shape index (κ1) is 19.9. The van der Waals surface area contributed by atoms with Gasteiger partial charge < -0.3 is 4.43 Å². The van der Waals surface area contributed by atoms with Crippen LogP contribution in [-0.4, -0.2) is 14.9 Å². The molecule has 0 saturated heterocycles. The molecule has 0 aromatic heterocycles. The Kier molecular flexibility index (Phi) is 7.10. The van der Waals surface area contributed by atoms with E-state index >= 15 is 0 Å². The lowest BCUT2D eigenvalue weighted by atomic mass is 9.89. The van der Waals surface area contributed by atoms with E-state index in [1.807, 2.05) is 0 Å². The summed E-state index contributed by atoms with van der Waals surface area (Å²) < 4.78 is 7.09. The van der Waals surface area contributed by atoms with E-state index in [-0.39, 0.29) is 0 Å². The summed E-state index contributed by atoms with van der Waals surface area (Å²) in [6.45, 7) is 10.7. The zero-order chi connectivity index (χ0) is 17.9. The fourth-order valence-electron chi connectivity index (χ4n) is 6.74. The van der Waals surface area contributed by atoms with Crippen molar-refractivity contribution in [2.75, 3.05) is 6.61 Å². The van der Waals surface area contributed by atoms with Gasteiger partial charge in [0.05, 0.1) is 0 Å². The molecule has 3 saturated carbocycles. The zero-order valence-electron chi connectivity index (χ0n) is 17.6. The molecule has 2 heteroatoms.